The quantitative estimate of drug-likeness (QED) is 0.738. The number of carbonyl (C=O) groups excluding carboxylic acids is 3. The van der Waals surface area contributed by atoms with Gasteiger partial charge in [-0.3, -0.25) is 19.8 Å². The molecule has 1 N–H and O–H groups in total. The van der Waals surface area contributed by atoms with Gasteiger partial charge in [0.05, 0.1) is 23.9 Å². The summed E-state index contributed by atoms with van der Waals surface area (Å²) in [6.07, 6.45) is -0.687. The maximum Gasteiger partial charge on any atom is 0.411 e. The third kappa shape index (κ3) is 1.63. The predicted molar refractivity (Wildman–Crippen MR) is 58.9 cm³/mol. The largest absolute Gasteiger partial charge is 0.453 e. The van der Waals surface area contributed by atoms with E-state index in [2.05, 4.69) is 10.1 Å². The smallest absolute Gasteiger partial charge is 0.411 e. The van der Waals surface area contributed by atoms with Gasteiger partial charge in [-0.15, -0.1) is 0 Å². The normalized spacial score (nSPS) is 13.6. The minimum Gasteiger partial charge on any atom is -0.453 e. The molecule has 0 aromatic heterocycles. The van der Waals surface area contributed by atoms with E-state index in [9.17, 15) is 14.4 Å². The molecule has 0 aliphatic carbocycles. The fourth-order valence-electron chi connectivity index (χ4n) is 1.67. The lowest BCUT2D eigenvalue weighted by Crippen LogP contribution is -2.24. The van der Waals surface area contributed by atoms with Crippen LogP contribution < -0.4 is 5.32 Å². The van der Waals surface area contributed by atoms with Crippen LogP contribution in [0, 0.1) is 0 Å². The average molecular weight is 234 g/mol. The number of nitrogens with zero attached hydrogens (tertiary/aromatic N) is 1. The first-order chi connectivity index (χ1) is 8.06. The molecular weight excluding hydrogens is 224 g/mol. The number of fused-ring (bicyclic) bond motifs is 1. The second-order valence-corrected chi connectivity index (χ2v) is 3.51. The number of carbonyl (C=O) groups is 3. The van der Waals surface area contributed by atoms with Gasteiger partial charge in [0.1, 0.15) is 0 Å². The molecule has 17 heavy (non-hydrogen) atoms. The molecule has 0 unspecified atom stereocenters. The van der Waals surface area contributed by atoms with Gasteiger partial charge >= 0.3 is 6.09 Å². The Balaban J connectivity index is 2.49. The van der Waals surface area contributed by atoms with Crippen LogP contribution in [0.25, 0.3) is 0 Å². The van der Waals surface area contributed by atoms with Crippen LogP contribution in [0.4, 0.5) is 10.5 Å². The summed E-state index contributed by atoms with van der Waals surface area (Å²) in [6.45, 7) is 0. The Morgan fingerprint density at radius 3 is 2.65 bits per heavy atom. The minimum atomic E-state index is -0.687. The first-order valence-electron chi connectivity index (χ1n) is 4.86. The highest BCUT2D eigenvalue weighted by Gasteiger charge is 2.35. The Hall–Kier alpha value is -2.37. The summed E-state index contributed by atoms with van der Waals surface area (Å²) in [7, 11) is 2.62. The van der Waals surface area contributed by atoms with Crippen LogP contribution in [-0.2, 0) is 4.74 Å². The van der Waals surface area contributed by atoms with Crippen molar-refractivity contribution in [2.45, 2.75) is 0 Å². The molecule has 1 aliphatic rings. The van der Waals surface area contributed by atoms with E-state index in [4.69, 9.17) is 0 Å². The van der Waals surface area contributed by atoms with Crippen molar-refractivity contribution in [1.82, 2.24) is 4.90 Å². The van der Waals surface area contributed by atoms with Crippen LogP contribution in [0.5, 0.6) is 0 Å². The SMILES string of the molecule is COC(=O)Nc1cccc2c1C(=O)N(C)C2=O. The maximum atomic E-state index is 11.8. The molecule has 2 rings (SSSR count). The van der Waals surface area contributed by atoms with E-state index in [0.29, 0.717) is 0 Å². The third-order valence-corrected chi connectivity index (χ3v) is 2.54. The number of hydrogen-bond acceptors (Lipinski definition) is 4. The molecule has 0 bridgehead atoms. The highest BCUT2D eigenvalue weighted by molar-refractivity contribution is 6.24. The molecule has 0 radical (unpaired) electrons. The van der Waals surface area contributed by atoms with Crippen LogP contribution >= 0.6 is 0 Å². The maximum absolute atomic E-state index is 11.8. The Kier molecular flexibility index (Phi) is 2.55. The van der Waals surface area contributed by atoms with Crippen molar-refractivity contribution in [3.05, 3.63) is 29.3 Å². The summed E-state index contributed by atoms with van der Waals surface area (Å²) in [5.74, 6) is -0.810. The van der Waals surface area contributed by atoms with E-state index in [0.717, 1.165) is 4.90 Å². The molecule has 6 nitrogen and oxygen atoms in total. The summed E-state index contributed by atoms with van der Waals surface area (Å²) < 4.78 is 4.44. The van der Waals surface area contributed by atoms with Gasteiger partial charge in [-0.1, -0.05) is 6.07 Å². The van der Waals surface area contributed by atoms with E-state index in [1.54, 1.807) is 18.2 Å². The zero-order chi connectivity index (χ0) is 12.6. The number of rotatable bonds is 1. The van der Waals surface area contributed by atoms with Crippen LogP contribution in [0.3, 0.4) is 0 Å². The summed E-state index contributed by atoms with van der Waals surface area (Å²) >= 11 is 0. The molecule has 0 spiro atoms. The summed E-state index contributed by atoms with van der Waals surface area (Å²) in [5, 5.41) is 2.40. The van der Waals surface area contributed by atoms with Crippen molar-refractivity contribution in [2.75, 3.05) is 19.5 Å². The van der Waals surface area contributed by atoms with Gasteiger partial charge in [-0.25, -0.2) is 4.79 Å². The van der Waals surface area contributed by atoms with E-state index in [-0.39, 0.29) is 22.7 Å². The van der Waals surface area contributed by atoms with Gasteiger partial charge in [-0.05, 0) is 12.1 Å². The number of ether oxygens (including phenoxy) is 1. The van der Waals surface area contributed by atoms with Crippen LogP contribution in [0.1, 0.15) is 20.7 Å². The number of anilines is 1. The fraction of sp³-hybridized carbons (Fsp3) is 0.182. The average Bonchev–Trinajstić information content (AvgIpc) is 2.55. The summed E-state index contributed by atoms with van der Waals surface area (Å²) in [5.41, 5.74) is 0.758. The van der Waals surface area contributed by atoms with Gasteiger partial charge < -0.3 is 4.74 Å². The molecule has 0 saturated carbocycles. The van der Waals surface area contributed by atoms with Crippen LogP contribution in [-0.4, -0.2) is 37.0 Å². The lowest BCUT2D eigenvalue weighted by Gasteiger charge is -2.07. The van der Waals surface area contributed by atoms with Gasteiger partial charge in [0.15, 0.2) is 0 Å². The Bertz CT molecular complexity index is 524. The molecule has 1 heterocycles. The van der Waals surface area contributed by atoms with Crippen molar-refractivity contribution in [2.24, 2.45) is 0 Å². The molecule has 88 valence electrons. The first-order valence-corrected chi connectivity index (χ1v) is 4.86. The second kappa shape index (κ2) is 3.89. The molecule has 0 fully saturated rings. The highest BCUT2D eigenvalue weighted by atomic mass is 16.5. The number of hydrogen-bond donors (Lipinski definition) is 1. The number of methoxy groups -OCH3 is 1. The van der Waals surface area contributed by atoms with Gasteiger partial charge in [0, 0.05) is 7.05 Å². The Morgan fingerprint density at radius 2 is 2.00 bits per heavy atom. The lowest BCUT2D eigenvalue weighted by molar-refractivity contribution is 0.0693. The zero-order valence-corrected chi connectivity index (χ0v) is 9.31. The summed E-state index contributed by atoms with van der Waals surface area (Å²) in [6, 6.07) is 4.68. The van der Waals surface area contributed by atoms with E-state index < -0.39 is 12.0 Å². The van der Waals surface area contributed by atoms with E-state index in [1.807, 2.05) is 0 Å². The standard InChI is InChI=1S/C11H10N2O4/c1-13-9(14)6-4-3-5-7(8(6)10(13)15)12-11(16)17-2/h3-5H,1-2H3,(H,12,16). The minimum absolute atomic E-state index is 0.199. The lowest BCUT2D eigenvalue weighted by atomic mass is 10.1. The van der Waals surface area contributed by atoms with Gasteiger partial charge in [0.2, 0.25) is 0 Å². The highest BCUT2D eigenvalue weighted by Crippen LogP contribution is 2.28. The Labute approximate surface area is 97.2 Å². The third-order valence-electron chi connectivity index (χ3n) is 2.54. The van der Waals surface area contributed by atoms with Crippen molar-refractivity contribution in [3.63, 3.8) is 0 Å². The topological polar surface area (TPSA) is 75.7 Å². The summed E-state index contributed by atoms with van der Waals surface area (Å²) in [4.78, 5) is 35.6. The fourth-order valence-corrected chi connectivity index (χ4v) is 1.67. The van der Waals surface area contributed by atoms with E-state index >= 15 is 0 Å². The molecule has 3 amide bonds. The second-order valence-electron chi connectivity index (χ2n) is 3.51. The number of benzene rings is 1. The van der Waals surface area contributed by atoms with Crippen molar-refractivity contribution in [3.8, 4) is 0 Å². The Morgan fingerprint density at radius 1 is 1.29 bits per heavy atom. The number of nitrogens with one attached hydrogen (secondary N) is 1. The molecule has 0 saturated heterocycles. The van der Waals surface area contributed by atoms with E-state index in [1.165, 1.54) is 14.2 Å². The van der Waals surface area contributed by atoms with Crippen molar-refractivity contribution >= 4 is 23.6 Å². The van der Waals surface area contributed by atoms with Crippen LogP contribution in [0.15, 0.2) is 18.2 Å². The molecule has 1 aromatic rings. The van der Waals surface area contributed by atoms with Crippen LogP contribution in [0.2, 0.25) is 0 Å². The zero-order valence-electron chi connectivity index (χ0n) is 9.31. The molecule has 1 aliphatic heterocycles. The number of amides is 3. The molecule has 1 aromatic carbocycles. The van der Waals surface area contributed by atoms with Gasteiger partial charge in [0.25, 0.3) is 11.8 Å². The molecule has 0 atom stereocenters. The molecule has 6 heteroatoms. The monoisotopic (exact) mass is 234 g/mol. The van der Waals surface area contributed by atoms with Crippen molar-refractivity contribution < 1.29 is 19.1 Å². The first kappa shape index (κ1) is 11.1. The number of imide groups is 1. The molecular formula is C11H10N2O4. The van der Waals surface area contributed by atoms with Crippen molar-refractivity contribution in [1.29, 1.82) is 0 Å². The predicted octanol–water partition coefficient (Wildman–Crippen LogP) is 1.09. The van der Waals surface area contributed by atoms with Gasteiger partial charge in [-0.2, -0.15) is 0 Å².